The molecule has 1 amide bonds. The largest absolute Gasteiger partial charge is 0.406 e. The smallest absolute Gasteiger partial charge is 0.399 e. The molecular weight excluding hydrogens is 325 g/mol. The monoisotopic (exact) mass is 336 g/mol. The molecule has 0 aliphatic heterocycles. The van der Waals surface area contributed by atoms with Crippen molar-refractivity contribution >= 4 is 27.5 Å². The van der Waals surface area contributed by atoms with Gasteiger partial charge in [0.05, 0.1) is 0 Å². The Balaban J connectivity index is 2.24. The average Bonchev–Trinajstić information content (AvgIpc) is 3.06. The Hall–Kier alpha value is -1.24. The first-order chi connectivity index (χ1) is 8.76. The highest BCUT2D eigenvalue weighted by Crippen LogP contribution is 2.32. The van der Waals surface area contributed by atoms with Crippen molar-refractivity contribution in [2.45, 2.75) is 25.1 Å². The van der Waals surface area contributed by atoms with Crippen LogP contribution in [-0.4, -0.2) is 29.6 Å². The van der Waals surface area contributed by atoms with Crippen LogP contribution in [-0.2, 0) is 0 Å². The number of alkyl halides is 3. The fourth-order valence-electron chi connectivity index (χ4n) is 1.85. The van der Waals surface area contributed by atoms with Gasteiger partial charge in [0.15, 0.2) is 0 Å². The Kier molecular flexibility index (Phi) is 3.75. The molecule has 0 unspecified atom stereocenters. The third kappa shape index (κ3) is 3.86. The third-order valence-corrected chi connectivity index (χ3v) is 3.22. The van der Waals surface area contributed by atoms with Crippen LogP contribution in [0.4, 0.5) is 18.9 Å². The standard InChI is InChI=1S/C12H12BrF3N2O/c13-8-3-7(4-9(17)5-8)11(19)18(10-1-2-10)6-12(14,15)16/h3-5,10H,1-2,6,17H2. The molecule has 0 aromatic heterocycles. The number of carbonyl (C=O) groups is 1. The zero-order valence-corrected chi connectivity index (χ0v) is 11.5. The second-order valence-electron chi connectivity index (χ2n) is 4.55. The molecule has 1 aromatic carbocycles. The summed E-state index contributed by atoms with van der Waals surface area (Å²) >= 11 is 3.17. The maximum atomic E-state index is 12.5. The number of amides is 1. The van der Waals surface area contributed by atoms with Crippen molar-refractivity contribution in [1.29, 1.82) is 0 Å². The molecule has 7 heteroatoms. The zero-order valence-electron chi connectivity index (χ0n) is 9.88. The number of nitrogens with two attached hydrogens (primary N) is 1. The van der Waals surface area contributed by atoms with Crippen LogP contribution in [0.2, 0.25) is 0 Å². The number of benzene rings is 1. The fraction of sp³-hybridized carbons (Fsp3) is 0.417. The molecule has 1 aliphatic rings. The zero-order chi connectivity index (χ0) is 14.2. The van der Waals surface area contributed by atoms with Crippen molar-refractivity contribution in [3.05, 3.63) is 28.2 Å². The van der Waals surface area contributed by atoms with Gasteiger partial charge in [-0.2, -0.15) is 13.2 Å². The Morgan fingerprint density at radius 1 is 1.37 bits per heavy atom. The molecule has 0 radical (unpaired) electrons. The van der Waals surface area contributed by atoms with Gasteiger partial charge in [0, 0.05) is 21.8 Å². The number of anilines is 1. The summed E-state index contributed by atoms with van der Waals surface area (Å²) in [5.41, 5.74) is 6.10. The van der Waals surface area contributed by atoms with E-state index in [1.807, 2.05) is 0 Å². The molecule has 1 fully saturated rings. The SMILES string of the molecule is Nc1cc(Br)cc(C(=O)N(CC(F)(F)F)C2CC2)c1. The van der Waals surface area contributed by atoms with Gasteiger partial charge in [-0.15, -0.1) is 0 Å². The number of rotatable bonds is 3. The van der Waals surface area contributed by atoms with Crippen molar-refractivity contribution < 1.29 is 18.0 Å². The highest BCUT2D eigenvalue weighted by atomic mass is 79.9. The minimum Gasteiger partial charge on any atom is -0.399 e. The molecule has 0 bridgehead atoms. The van der Waals surface area contributed by atoms with Crippen LogP contribution in [0.15, 0.2) is 22.7 Å². The van der Waals surface area contributed by atoms with Crippen LogP contribution in [0.3, 0.4) is 0 Å². The van der Waals surface area contributed by atoms with E-state index in [4.69, 9.17) is 5.73 Å². The summed E-state index contributed by atoms with van der Waals surface area (Å²) in [6.07, 6.45) is -3.16. The Morgan fingerprint density at radius 3 is 2.47 bits per heavy atom. The number of carbonyl (C=O) groups excluding carboxylic acids is 1. The second kappa shape index (κ2) is 5.03. The summed E-state index contributed by atoms with van der Waals surface area (Å²) in [5.74, 6) is -0.632. The van der Waals surface area contributed by atoms with E-state index in [1.165, 1.54) is 12.1 Å². The molecule has 1 aromatic rings. The normalized spacial score (nSPS) is 15.4. The molecule has 104 valence electrons. The highest BCUT2D eigenvalue weighted by Gasteiger charge is 2.40. The van der Waals surface area contributed by atoms with Gasteiger partial charge in [0.1, 0.15) is 6.54 Å². The lowest BCUT2D eigenvalue weighted by Crippen LogP contribution is -2.40. The van der Waals surface area contributed by atoms with Gasteiger partial charge in [-0.3, -0.25) is 4.79 Å². The summed E-state index contributed by atoms with van der Waals surface area (Å²) < 4.78 is 38.1. The maximum Gasteiger partial charge on any atom is 0.406 e. The molecule has 2 rings (SSSR count). The number of nitrogen functional groups attached to an aromatic ring is 1. The van der Waals surface area contributed by atoms with Gasteiger partial charge in [-0.05, 0) is 31.0 Å². The van der Waals surface area contributed by atoms with Gasteiger partial charge >= 0.3 is 6.18 Å². The summed E-state index contributed by atoms with van der Waals surface area (Å²) in [5, 5.41) is 0. The van der Waals surface area contributed by atoms with E-state index in [1.54, 1.807) is 6.07 Å². The van der Waals surface area contributed by atoms with Crippen molar-refractivity contribution in [1.82, 2.24) is 4.90 Å². The topological polar surface area (TPSA) is 46.3 Å². The van der Waals surface area contributed by atoms with Crippen LogP contribution in [0.1, 0.15) is 23.2 Å². The molecule has 1 aliphatic carbocycles. The maximum absolute atomic E-state index is 12.5. The van der Waals surface area contributed by atoms with E-state index in [0.717, 1.165) is 4.90 Å². The molecule has 0 heterocycles. The first kappa shape index (κ1) is 14.2. The summed E-state index contributed by atoms with van der Waals surface area (Å²) in [6, 6.07) is 4.14. The van der Waals surface area contributed by atoms with Crippen molar-refractivity contribution in [2.75, 3.05) is 12.3 Å². The molecule has 0 atom stereocenters. The lowest BCUT2D eigenvalue weighted by Gasteiger charge is -2.24. The first-order valence-corrected chi connectivity index (χ1v) is 6.49. The molecular formula is C12H12BrF3N2O. The summed E-state index contributed by atoms with van der Waals surface area (Å²) in [7, 11) is 0. The van der Waals surface area contributed by atoms with E-state index in [2.05, 4.69) is 15.9 Å². The predicted octanol–water partition coefficient (Wildman–Crippen LogP) is 3.20. The van der Waals surface area contributed by atoms with Gasteiger partial charge in [0.2, 0.25) is 0 Å². The van der Waals surface area contributed by atoms with E-state index in [-0.39, 0.29) is 11.6 Å². The van der Waals surface area contributed by atoms with E-state index >= 15 is 0 Å². The van der Waals surface area contributed by atoms with Gasteiger partial charge in [-0.1, -0.05) is 15.9 Å². The molecule has 3 nitrogen and oxygen atoms in total. The third-order valence-electron chi connectivity index (χ3n) is 2.77. The van der Waals surface area contributed by atoms with E-state index < -0.39 is 18.6 Å². The van der Waals surface area contributed by atoms with Crippen LogP contribution < -0.4 is 5.73 Å². The number of nitrogens with zero attached hydrogens (tertiary/aromatic N) is 1. The minimum atomic E-state index is -4.39. The molecule has 19 heavy (non-hydrogen) atoms. The van der Waals surface area contributed by atoms with Gasteiger partial charge < -0.3 is 10.6 Å². The average molecular weight is 337 g/mol. The van der Waals surface area contributed by atoms with Gasteiger partial charge in [0.25, 0.3) is 5.91 Å². The molecule has 0 spiro atoms. The Bertz CT molecular complexity index is 480. The van der Waals surface area contributed by atoms with Crippen LogP contribution >= 0.6 is 15.9 Å². The molecule has 2 N–H and O–H groups in total. The fourth-order valence-corrected chi connectivity index (χ4v) is 2.36. The van der Waals surface area contributed by atoms with E-state index in [9.17, 15) is 18.0 Å². The lowest BCUT2D eigenvalue weighted by molar-refractivity contribution is -0.141. The second-order valence-corrected chi connectivity index (χ2v) is 5.47. The highest BCUT2D eigenvalue weighted by molar-refractivity contribution is 9.10. The van der Waals surface area contributed by atoms with Crippen LogP contribution in [0, 0.1) is 0 Å². The van der Waals surface area contributed by atoms with Crippen LogP contribution in [0.5, 0.6) is 0 Å². The number of hydrogen-bond donors (Lipinski definition) is 1. The van der Waals surface area contributed by atoms with E-state index in [0.29, 0.717) is 23.0 Å². The minimum absolute atomic E-state index is 0.169. The lowest BCUT2D eigenvalue weighted by atomic mass is 10.1. The molecule has 0 saturated heterocycles. The first-order valence-electron chi connectivity index (χ1n) is 5.70. The van der Waals surface area contributed by atoms with Crippen LogP contribution in [0.25, 0.3) is 0 Å². The number of hydrogen-bond acceptors (Lipinski definition) is 2. The Labute approximate surface area is 116 Å². The Morgan fingerprint density at radius 2 is 2.00 bits per heavy atom. The van der Waals surface area contributed by atoms with Crippen molar-refractivity contribution in [2.24, 2.45) is 0 Å². The molecule has 1 saturated carbocycles. The quantitative estimate of drug-likeness (QED) is 0.861. The van der Waals surface area contributed by atoms with Crippen molar-refractivity contribution in [3.8, 4) is 0 Å². The van der Waals surface area contributed by atoms with Gasteiger partial charge in [-0.25, -0.2) is 0 Å². The number of halogens is 4. The van der Waals surface area contributed by atoms with Crippen molar-refractivity contribution in [3.63, 3.8) is 0 Å². The predicted molar refractivity (Wildman–Crippen MR) is 68.7 cm³/mol. The summed E-state index contributed by atoms with van der Waals surface area (Å²) in [4.78, 5) is 13.0. The summed E-state index contributed by atoms with van der Waals surface area (Å²) in [6.45, 7) is -1.22.